The van der Waals surface area contributed by atoms with Crippen LogP contribution in [-0.2, 0) is 24.2 Å². The van der Waals surface area contributed by atoms with E-state index < -0.39 is 12.0 Å². The summed E-state index contributed by atoms with van der Waals surface area (Å²) in [5.74, 6) is 1.18. The first-order chi connectivity index (χ1) is 21.6. The lowest BCUT2D eigenvalue weighted by molar-refractivity contribution is -0.141. The Hall–Kier alpha value is -2.96. The molecule has 1 aromatic heterocycles. The van der Waals surface area contributed by atoms with E-state index in [1.165, 1.54) is 54.5 Å². The fourth-order valence-electron chi connectivity index (χ4n) is 8.70. The summed E-state index contributed by atoms with van der Waals surface area (Å²) in [6.07, 6.45) is 14.3. The monoisotopic (exact) mass is 596 g/mol. The normalized spacial score (nSPS) is 24.4. The van der Waals surface area contributed by atoms with Crippen LogP contribution in [0.4, 0.5) is 0 Å². The Balaban J connectivity index is 1.09. The molecule has 0 amide bonds. The summed E-state index contributed by atoms with van der Waals surface area (Å²) in [5.41, 5.74) is 5.70. The highest BCUT2D eigenvalue weighted by atomic mass is 16.4. The Labute approximate surface area is 264 Å². The second kappa shape index (κ2) is 14.9. The number of piperidine rings is 1. The third-order valence-electron chi connectivity index (χ3n) is 11.0. The standard InChI is InChI=1S/C38H52N4O2/c1-2-42-37(32(26-39-42)19-18-28-12-6-3-7-13-28)31-20-22-41(23-21-31)27-33-24-34(25-35(33)29-14-8-4-9-15-29)40-36(38(43)44)30-16-10-5-11-17-30/h3-4,6-9,12-15,26,30-31,33-36,40H,2,5,10-11,16-25,27H2,1H3,(H,43,44). The maximum absolute atomic E-state index is 12.4. The molecule has 3 aromatic rings. The lowest BCUT2D eigenvalue weighted by Gasteiger charge is -2.35. The second-order valence-corrected chi connectivity index (χ2v) is 13.8. The second-order valence-electron chi connectivity index (χ2n) is 13.8. The molecule has 0 radical (unpaired) electrons. The van der Waals surface area contributed by atoms with Crippen LogP contribution in [0.5, 0.6) is 0 Å². The van der Waals surface area contributed by atoms with E-state index in [1.807, 2.05) is 0 Å². The fraction of sp³-hybridized carbons (Fsp3) is 0.579. The zero-order chi connectivity index (χ0) is 30.3. The van der Waals surface area contributed by atoms with Gasteiger partial charge >= 0.3 is 5.97 Å². The molecule has 2 saturated carbocycles. The van der Waals surface area contributed by atoms with Gasteiger partial charge in [-0.3, -0.25) is 9.48 Å². The molecule has 3 aliphatic rings. The number of benzene rings is 2. The largest absolute Gasteiger partial charge is 0.480 e. The Morgan fingerprint density at radius 2 is 1.64 bits per heavy atom. The highest BCUT2D eigenvalue weighted by Crippen LogP contribution is 2.42. The lowest BCUT2D eigenvalue weighted by Crippen LogP contribution is -2.48. The van der Waals surface area contributed by atoms with Crippen LogP contribution in [0.15, 0.2) is 66.9 Å². The Kier molecular flexibility index (Phi) is 10.5. The first-order valence-corrected chi connectivity index (χ1v) is 17.4. The number of rotatable bonds is 12. The molecule has 2 heterocycles. The molecule has 6 nitrogen and oxygen atoms in total. The highest BCUT2D eigenvalue weighted by Gasteiger charge is 2.40. The number of carboxylic acid groups (broad SMARTS) is 1. The van der Waals surface area contributed by atoms with E-state index >= 15 is 0 Å². The quantitative estimate of drug-likeness (QED) is 0.234. The maximum atomic E-state index is 12.4. The van der Waals surface area contributed by atoms with Crippen molar-refractivity contribution in [2.45, 2.75) is 108 Å². The molecule has 6 heteroatoms. The number of aliphatic carboxylic acids is 1. The molecule has 6 rings (SSSR count). The van der Waals surface area contributed by atoms with E-state index in [4.69, 9.17) is 5.10 Å². The molecule has 2 aromatic carbocycles. The van der Waals surface area contributed by atoms with Gasteiger partial charge in [-0.1, -0.05) is 79.9 Å². The summed E-state index contributed by atoms with van der Waals surface area (Å²) in [6.45, 7) is 6.47. The highest BCUT2D eigenvalue weighted by molar-refractivity contribution is 5.74. The molecule has 4 unspecified atom stereocenters. The van der Waals surface area contributed by atoms with Gasteiger partial charge in [0.1, 0.15) is 6.04 Å². The van der Waals surface area contributed by atoms with Crippen molar-refractivity contribution < 1.29 is 9.90 Å². The van der Waals surface area contributed by atoms with E-state index in [2.05, 4.69) is 88.7 Å². The van der Waals surface area contributed by atoms with Crippen molar-refractivity contribution in [1.82, 2.24) is 20.0 Å². The zero-order valence-electron chi connectivity index (χ0n) is 26.6. The van der Waals surface area contributed by atoms with Gasteiger partial charge in [0.05, 0.1) is 6.20 Å². The minimum absolute atomic E-state index is 0.261. The van der Waals surface area contributed by atoms with Gasteiger partial charge in [0.25, 0.3) is 0 Å². The summed E-state index contributed by atoms with van der Waals surface area (Å²) in [7, 11) is 0. The van der Waals surface area contributed by atoms with Crippen LogP contribution >= 0.6 is 0 Å². The molecule has 1 saturated heterocycles. The predicted molar refractivity (Wildman–Crippen MR) is 177 cm³/mol. The molecule has 0 spiro atoms. The van der Waals surface area contributed by atoms with Crippen LogP contribution in [0.1, 0.15) is 98.9 Å². The number of carboxylic acids is 1. The van der Waals surface area contributed by atoms with Gasteiger partial charge in [-0.2, -0.15) is 5.10 Å². The van der Waals surface area contributed by atoms with Gasteiger partial charge in [0.2, 0.25) is 0 Å². The summed E-state index contributed by atoms with van der Waals surface area (Å²) in [6, 6.07) is 21.6. The van der Waals surface area contributed by atoms with E-state index in [0.29, 0.717) is 17.8 Å². The Bertz CT molecular complexity index is 1310. The van der Waals surface area contributed by atoms with Gasteiger partial charge in [0.15, 0.2) is 0 Å². The number of likely N-dealkylation sites (tertiary alicyclic amines) is 1. The van der Waals surface area contributed by atoms with Crippen molar-refractivity contribution in [1.29, 1.82) is 0 Å². The van der Waals surface area contributed by atoms with Crippen molar-refractivity contribution in [3.8, 4) is 0 Å². The first-order valence-electron chi connectivity index (χ1n) is 17.4. The van der Waals surface area contributed by atoms with Crippen LogP contribution in [0, 0.1) is 11.8 Å². The summed E-state index contributed by atoms with van der Waals surface area (Å²) >= 11 is 0. The number of aromatic nitrogens is 2. The first kappa shape index (κ1) is 31.0. The number of hydrogen-bond acceptors (Lipinski definition) is 4. The van der Waals surface area contributed by atoms with Crippen molar-refractivity contribution in [2.75, 3.05) is 19.6 Å². The maximum Gasteiger partial charge on any atom is 0.320 e. The van der Waals surface area contributed by atoms with Crippen molar-refractivity contribution in [3.05, 3.63) is 89.2 Å². The molecule has 0 bridgehead atoms. The van der Waals surface area contributed by atoms with Gasteiger partial charge in [-0.25, -0.2) is 0 Å². The summed E-state index contributed by atoms with van der Waals surface area (Å²) < 4.78 is 2.25. The molecule has 4 atom stereocenters. The van der Waals surface area contributed by atoms with Crippen molar-refractivity contribution in [2.24, 2.45) is 11.8 Å². The van der Waals surface area contributed by atoms with Gasteiger partial charge in [0, 0.05) is 30.7 Å². The minimum atomic E-state index is -0.659. The Morgan fingerprint density at radius 3 is 2.32 bits per heavy atom. The number of aryl methyl sites for hydroxylation is 3. The average Bonchev–Trinajstić information content (AvgIpc) is 3.67. The third kappa shape index (κ3) is 7.46. The van der Waals surface area contributed by atoms with E-state index in [0.717, 1.165) is 64.7 Å². The van der Waals surface area contributed by atoms with Gasteiger partial charge in [-0.05, 0) is 106 Å². The van der Waals surface area contributed by atoms with E-state index in [-0.39, 0.29) is 12.0 Å². The molecule has 1 aliphatic heterocycles. The number of nitrogens with zero attached hydrogens (tertiary/aromatic N) is 3. The topological polar surface area (TPSA) is 70.4 Å². The van der Waals surface area contributed by atoms with Crippen LogP contribution in [-0.4, -0.2) is 57.5 Å². The average molecular weight is 597 g/mol. The molecule has 2 aliphatic carbocycles. The Morgan fingerprint density at radius 1 is 0.932 bits per heavy atom. The van der Waals surface area contributed by atoms with Crippen LogP contribution < -0.4 is 5.32 Å². The fourth-order valence-corrected chi connectivity index (χ4v) is 8.70. The van der Waals surface area contributed by atoms with Gasteiger partial charge < -0.3 is 15.3 Å². The SMILES string of the molecule is CCn1ncc(CCc2ccccc2)c1C1CCN(CC2CC(NC(C(=O)O)C3CCCCC3)CC2c2ccccc2)CC1. The van der Waals surface area contributed by atoms with E-state index in [1.54, 1.807) is 0 Å². The zero-order valence-corrected chi connectivity index (χ0v) is 26.6. The molecule has 3 fully saturated rings. The van der Waals surface area contributed by atoms with Crippen LogP contribution in [0.2, 0.25) is 0 Å². The summed E-state index contributed by atoms with van der Waals surface area (Å²) in [4.78, 5) is 15.1. The van der Waals surface area contributed by atoms with Crippen LogP contribution in [0.3, 0.4) is 0 Å². The molecular weight excluding hydrogens is 544 g/mol. The third-order valence-corrected chi connectivity index (χ3v) is 11.0. The number of nitrogens with one attached hydrogen (secondary N) is 1. The molecule has 44 heavy (non-hydrogen) atoms. The van der Waals surface area contributed by atoms with Crippen LogP contribution in [0.25, 0.3) is 0 Å². The summed E-state index contributed by atoms with van der Waals surface area (Å²) in [5, 5.41) is 18.7. The lowest BCUT2D eigenvalue weighted by atomic mass is 9.83. The smallest absolute Gasteiger partial charge is 0.320 e. The molecular formula is C38H52N4O2. The molecule has 2 N–H and O–H groups in total. The minimum Gasteiger partial charge on any atom is -0.480 e. The van der Waals surface area contributed by atoms with E-state index in [9.17, 15) is 9.90 Å². The van der Waals surface area contributed by atoms with Crippen molar-refractivity contribution >= 4 is 5.97 Å². The van der Waals surface area contributed by atoms with Crippen molar-refractivity contribution in [3.63, 3.8) is 0 Å². The number of hydrogen-bond donors (Lipinski definition) is 2. The van der Waals surface area contributed by atoms with Gasteiger partial charge in [-0.15, -0.1) is 0 Å². The number of carbonyl (C=O) groups is 1. The molecule has 236 valence electrons. The predicted octanol–water partition coefficient (Wildman–Crippen LogP) is 7.05.